The molecule has 0 aliphatic heterocycles. The number of hydrogen-bond acceptors (Lipinski definition) is 2. The highest BCUT2D eigenvalue weighted by atomic mass is 16.3. The predicted molar refractivity (Wildman–Crippen MR) is 60.1 cm³/mol. The van der Waals surface area contributed by atoms with Crippen LogP contribution in [0.4, 0.5) is 0 Å². The fourth-order valence-corrected chi connectivity index (χ4v) is 2.14. The van der Waals surface area contributed by atoms with Gasteiger partial charge < -0.3 is 10.2 Å². The molecule has 1 atom stereocenters. The lowest BCUT2D eigenvalue weighted by Gasteiger charge is -2.14. The Balaban J connectivity index is 2.34. The number of phenolic OH excluding ortho intramolecular Hbond substituents is 2. The Morgan fingerprint density at radius 1 is 1.07 bits per heavy atom. The molecule has 1 aliphatic carbocycles. The molecule has 1 unspecified atom stereocenters. The average molecular weight is 204 g/mol. The van der Waals surface area contributed by atoms with Crippen LogP contribution in [0.3, 0.4) is 0 Å². The molecule has 2 rings (SSSR count). The molecule has 0 heterocycles. The number of hydrogen-bond donors (Lipinski definition) is 2. The van der Waals surface area contributed by atoms with E-state index in [0.717, 1.165) is 19.3 Å². The van der Waals surface area contributed by atoms with Crippen molar-refractivity contribution in [2.75, 3.05) is 0 Å². The summed E-state index contributed by atoms with van der Waals surface area (Å²) in [4.78, 5) is 0. The highest BCUT2D eigenvalue weighted by Crippen LogP contribution is 2.38. The van der Waals surface area contributed by atoms with Crippen molar-refractivity contribution in [3.8, 4) is 11.5 Å². The summed E-state index contributed by atoms with van der Waals surface area (Å²) in [6, 6.07) is 4.93. The Morgan fingerprint density at radius 2 is 1.80 bits per heavy atom. The minimum absolute atomic E-state index is 0.161. The zero-order valence-electron chi connectivity index (χ0n) is 8.69. The summed E-state index contributed by atoms with van der Waals surface area (Å²) in [7, 11) is 0. The lowest BCUT2D eigenvalue weighted by Crippen LogP contribution is -1.95. The maximum absolute atomic E-state index is 9.74. The molecule has 15 heavy (non-hydrogen) atoms. The minimum Gasteiger partial charge on any atom is -0.508 e. The standard InChI is InChI=1S/C13H16O2/c14-11-8-5-9-12(15)13(11)10-6-3-1-2-4-7-10/h3,5-6,8-10,14-15H,1-2,4,7H2. The summed E-state index contributed by atoms with van der Waals surface area (Å²) >= 11 is 0. The first-order valence-corrected chi connectivity index (χ1v) is 5.46. The molecule has 1 aromatic carbocycles. The Bertz CT molecular complexity index is 349. The number of allylic oxidation sites excluding steroid dienone is 2. The largest absolute Gasteiger partial charge is 0.508 e. The van der Waals surface area contributed by atoms with Crippen LogP contribution in [0.15, 0.2) is 30.4 Å². The number of phenols is 2. The molecule has 0 aromatic heterocycles. The van der Waals surface area contributed by atoms with Gasteiger partial charge in [-0.25, -0.2) is 0 Å². The maximum atomic E-state index is 9.74. The zero-order valence-corrected chi connectivity index (χ0v) is 8.69. The summed E-state index contributed by atoms with van der Waals surface area (Å²) in [6.45, 7) is 0. The van der Waals surface area contributed by atoms with Gasteiger partial charge in [-0.05, 0) is 31.4 Å². The summed E-state index contributed by atoms with van der Waals surface area (Å²) in [5, 5.41) is 19.5. The monoisotopic (exact) mass is 204 g/mol. The summed E-state index contributed by atoms with van der Waals surface area (Å²) < 4.78 is 0. The first kappa shape index (κ1) is 10.1. The van der Waals surface area contributed by atoms with E-state index in [-0.39, 0.29) is 17.4 Å². The SMILES string of the molecule is Oc1cccc(O)c1C1C=CCCCC1. The van der Waals surface area contributed by atoms with Crippen molar-refractivity contribution in [3.05, 3.63) is 35.9 Å². The van der Waals surface area contributed by atoms with E-state index >= 15 is 0 Å². The fraction of sp³-hybridized carbons (Fsp3) is 0.385. The van der Waals surface area contributed by atoms with Crippen LogP contribution in [-0.2, 0) is 0 Å². The van der Waals surface area contributed by atoms with Gasteiger partial charge in [-0.15, -0.1) is 0 Å². The third kappa shape index (κ3) is 2.14. The summed E-state index contributed by atoms with van der Waals surface area (Å²) in [5.74, 6) is 0.562. The van der Waals surface area contributed by atoms with Crippen molar-refractivity contribution in [3.63, 3.8) is 0 Å². The van der Waals surface area contributed by atoms with Crippen LogP contribution in [0.2, 0.25) is 0 Å². The van der Waals surface area contributed by atoms with Gasteiger partial charge in [-0.1, -0.05) is 24.6 Å². The van der Waals surface area contributed by atoms with Crippen LogP contribution >= 0.6 is 0 Å². The van der Waals surface area contributed by atoms with Gasteiger partial charge >= 0.3 is 0 Å². The predicted octanol–water partition coefficient (Wildman–Crippen LogP) is 3.31. The molecule has 2 N–H and O–H groups in total. The van der Waals surface area contributed by atoms with Crippen LogP contribution in [0.5, 0.6) is 11.5 Å². The van der Waals surface area contributed by atoms with Gasteiger partial charge in [0.25, 0.3) is 0 Å². The van der Waals surface area contributed by atoms with Crippen molar-refractivity contribution in [1.82, 2.24) is 0 Å². The molecule has 1 aliphatic rings. The molecule has 0 spiro atoms. The number of benzene rings is 1. The van der Waals surface area contributed by atoms with Crippen LogP contribution in [0.25, 0.3) is 0 Å². The Hall–Kier alpha value is -1.44. The fourth-order valence-electron chi connectivity index (χ4n) is 2.14. The van der Waals surface area contributed by atoms with Crippen LogP contribution in [0.1, 0.15) is 37.2 Å². The van der Waals surface area contributed by atoms with E-state index in [1.54, 1.807) is 18.2 Å². The molecule has 2 heteroatoms. The summed E-state index contributed by atoms with van der Waals surface area (Å²) in [5.41, 5.74) is 0.677. The van der Waals surface area contributed by atoms with E-state index in [9.17, 15) is 10.2 Å². The molecule has 2 nitrogen and oxygen atoms in total. The molecule has 1 aromatic rings. The van der Waals surface area contributed by atoms with Gasteiger partial charge in [-0.3, -0.25) is 0 Å². The number of aromatic hydroxyl groups is 2. The Kier molecular flexibility index (Phi) is 2.95. The van der Waals surface area contributed by atoms with Gasteiger partial charge in [-0.2, -0.15) is 0 Å². The quantitative estimate of drug-likeness (QED) is 0.689. The van der Waals surface area contributed by atoms with Gasteiger partial charge in [0.05, 0.1) is 0 Å². The molecule has 0 amide bonds. The first-order chi connectivity index (χ1) is 7.29. The van der Waals surface area contributed by atoms with Crippen LogP contribution in [-0.4, -0.2) is 10.2 Å². The van der Waals surface area contributed by atoms with E-state index in [0.29, 0.717) is 5.56 Å². The molecule has 0 bridgehead atoms. The van der Waals surface area contributed by atoms with Crippen LogP contribution in [0, 0.1) is 0 Å². The summed E-state index contributed by atoms with van der Waals surface area (Å²) in [6.07, 6.45) is 8.69. The van der Waals surface area contributed by atoms with Gasteiger partial charge in [0.2, 0.25) is 0 Å². The zero-order chi connectivity index (χ0) is 10.7. The second-order valence-electron chi connectivity index (χ2n) is 4.03. The van der Waals surface area contributed by atoms with Crippen molar-refractivity contribution in [2.45, 2.75) is 31.6 Å². The third-order valence-electron chi connectivity index (χ3n) is 2.94. The van der Waals surface area contributed by atoms with E-state index in [2.05, 4.69) is 12.2 Å². The molecular weight excluding hydrogens is 188 g/mol. The molecular formula is C13H16O2. The second kappa shape index (κ2) is 4.39. The minimum atomic E-state index is 0.161. The normalized spacial score (nSPS) is 21.2. The third-order valence-corrected chi connectivity index (χ3v) is 2.94. The molecule has 0 saturated heterocycles. The van der Waals surface area contributed by atoms with E-state index in [1.807, 2.05) is 0 Å². The van der Waals surface area contributed by atoms with Crippen molar-refractivity contribution >= 4 is 0 Å². The molecule has 80 valence electrons. The smallest absolute Gasteiger partial charge is 0.123 e. The maximum Gasteiger partial charge on any atom is 0.123 e. The average Bonchev–Trinajstić information content (AvgIpc) is 2.46. The van der Waals surface area contributed by atoms with Crippen LogP contribution < -0.4 is 0 Å². The Labute approximate surface area is 89.9 Å². The van der Waals surface area contributed by atoms with Crippen molar-refractivity contribution in [1.29, 1.82) is 0 Å². The highest BCUT2D eigenvalue weighted by molar-refractivity contribution is 5.47. The van der Waals surface area contributed by atoms with Crippen molar-refractivity contribution < 1.29 is 10.2 Å². The van der Waals surface area contributed by atoms with Gasteiger partial charge in [0, 0.05) is 11.5 Å². The lowest BCUT2D eigenvalue weighted by atomic mass is 9.93. The molecule has 0 fully saturated rings. The van der Waals surface area contributed by atoms with E-state index < -0.39 is 0 Å². The van der Waals surface area contributed by atoms with Gasteiger partial charge in [0.15, 0.2) is 0 Å². The number of rotatable bonds is 1. The Morgan fingerprint density at radius 3 is 2.53 bits per heavy atom. The highest BCUT2D eigenvalue weighted by Gasteiger charge is 2.17. The second-order valence-corrected chi connectivity index (χ2v) is 4.03. The first-order valence-electron chi connectivity index (χ1n) is 5.46. The van der Waals surface area contributed by atoms with Crippen molar-refractivity contribution in [2.24, 2.45) is 0 Å². The lowest BCUT2D eigenvalue weighted by molar-refractivity contribution is 0.431. The van der Waals surface area contributed by atoms with E-state index in [1.165, 1.54) is 6.42 Å². The topological polar surface area (TPSA) is 40.5 Å². The van der Waals surface area contributed by atoms with E-state index in [4.69, 9.17) is 0 Å². The molecule has 0 radical (unpaired) electrons. The van der Waals surface area contributed by atoms with Gasteiger partial charge in [0.1, 0.15) is 11.5 Å². The molecule has 0 saturated carbocycles.